The summed E-state index contributed by atoms with van der Waals surface area (Å²) in [5.41, 5.74) is 5.75. The summed E-state index contributed by atoms with van der Waals surface area (Å²) in [5.74, 6) is -0.226. The Hall–Kier alpha value is -4.39. The van der Waals surface area contributed by atoms with Gasteiger partial charge in [0.15, 0.2) is 0 Å². The number of ether oxygens (including phenoxy) is 3. The lowest BCUT2D eigenvalue weighted by atomic mass is 9.96. The minimum atomic E-state index is -0.565. The van der Waals surface area contributed by atoms with Gasteiger partial charge in [-0.05, 0) is 59.8 Å². The zero-order chi connectivity index (χ0) is 32.0. The highest BCUT2D eigenvalue weighted by Crippen LogP contribution is 2.39. The fourth-order valence-corrected chi connectivity index (χ4v) is 6.71. The van der Waals surface area contributed by atoms with Gasteiger partial charge in [-0.25, -0.2) is 9.18 Å². The van der Waals surface area contributed by atoms with Gasteiger partial charge >= 0.3 is 6.09 Å². The van der Waals surface area contributed by atoms with E-state index >= 15 is 0 Å². The SMILES string of the molecule is C=CC(=O)N1C[C@@H](C)[C@H](OC(=O)NCCOCCOc2cc(F)ccc2-c2nnc(-c3ccc4c(c3)CCNC4)c3ccsc23)C1. The summed E-state index contributed by atoms with van der Waals surface area (Å²) in [6.07, 6.45) is 1.29. The van der Waals surface area contributed by atoms with Gasteiger partial charge in [0.25, 0.3) is 0 Å². The lowest BCUT2D eigenvalue weighted by molar-refractivity contribution is -0.125. The number of carbonyl (C=O) groups excluding carboxylic acids is 2. The molecule has 6 rings (SSSR count). The molecule has 0 aliphatic carbocycles. The number of fused-ring (bicyclic) bond motifs is 2. The number of benzene rings is 2. The Kier molecular flexibility index (Phi) is 9.86. The maximum absolute atomic E-state index is 14.3. The van der Waals surface area contributed by atoms with Crippen molar-refractivity contribution >= 4 is 33.4 Å². The maximum atomic E-state index is 14.3. The van der Waals surface area contributed by atoms with Gasteiger partial charge in [-0.15, -0.1) is 21.5 Å². The first kappa shape index (κ1) is 31.6. The van der Waals surface area contributed by atoms with E-state index in [-0.39, 0.29) is 44.3 Å². The normalized spacial score (nSPS) is 17.5. The van der Waals surface area contributed by atoms with Crippen LogP contribution in [0.5, 0.6) is 5.75 Å². The summed E-state index contributed by atoms with van der Waals surface area (Å²) in [4.78, 5) is 25.7. The van der Waals surface area contributed by atoms with Crippen LogP contribution in [-0.2, 0) is 27.2 Å². The van der Waals surface area contributed by atoms with Crippen LogP contribution in [0, 0.1) is 11.7 Å². The van der Waals surface area contributed by atoms with Crippen LogP contribution < -0.4 is 15.4 Å². The predicted molar refractivity (Wildman–Crippen MR) is 174 cm³/mol. The largest absolute Gasteiger partial charge is 0.490 e. The molecular formula is C34H36FN5O5S. The fraction of sp³-hybridized carbons (Fsp3) is 0.353. The van der Waals surface area contributed by atoms with Crippen LogP contribution >= 0.6 is 11.3 Å². The Morgan fingerprint density at radius 2 is 1.98 bits per heavy atom. The monoisotopic (exact) mass is 645 g/mol. The van der Waals surface area contributed by atoms with Crippen LogP contribution in [0.25, 0.3) is 32.6 Å². The number of aromatic nitrogens is 2. The Morgan fingerprint density at radius 1 is 1.11 bits per heavy atom. The summed E-state index contributed by atoms with van der Waals surface area (Å²) in [6.45, 7) is 8.98. The first-order valence-electron chi connectivity index (χ1n) is 15.3. The molecule has 4 heterocycles. The summed E-state index contributed by atoms with van der Waals surface area (Å²) in [6, 6.07) is 12.9. The molecule has 0 unspecified atom stereocenters. The molecule has 2 aromatic carbocycles. The minimum absolute atomic E-state index is 0.0302. The van der Waals surface area contributed by atoms with Crippen molar-refractivity contribution in [1.29, 1.82) is 0 Å². The Bertz CT molecular complexity index is 1750. The second-order valence-electron chi connectivity index (χ2n) is 11.4. The van der Waals surface area contributed by atoms with Crippen LogP contribution in [0.2, 0.25) is 0 Å². The van der Waals surface area contributed by atoms with E-state index in [2.05, 4.69) is 45.6 Å². The number of rotatable bonds is 11. The number of nitrogens with one attached hydrogen (secondary N) is 2. The third-order valence-electron chi connectivity index (χ3n) is 8.24. The van der Waals surface area contributed by atoms with E-state index in [9.17, 15) is 14.0 Å². The molecule has 240 valence electrons. The van der Waals surface area contributed by atoms with Gasteiger partial charge in [0.2, 0.25) is 5.91 Å². The van der Waals surface area contributed by atoms with Gasteiger partial charge in [0.1, 0.15) is 35.7 Å². The quantitative estimate of drug-likeness (QED) is 0.174. The van der Waals surface area contributed by atoms with E-state index < -0.39 is 11.9 Å². The fourth-order valence-electron chi connectivity index (χ4n) is 5.82. The third kappa shape index (κ3) is 7.04. The predicted octanol–water partition coefficient (Wildman–Crippen LogP) is 4.96. The van der Waals surface area contributed by atoms with E-state index in [0.717, 1.165) is 40.9 Å². The highest BCUT2D eigenvalue weighted by molar-refractivity contribution is 7.17. The molecule has 4 aromatic rings. The van der Waals surface area contributed by atoms with Gasteiger partial charge in [0.05, 0.1) is 24.5 Å². The lowest BCUT2D eigenvalue weighted by Crippen LogP contribution is -2.35. The molecule has 2 amide bonds. The van der Waals surface area contributed by atoms with Crippen LogP contribution in [0.4, 0.5) is 9.18 Å². The molecule has 12 heteroatoms. The van der Waals surface area contributed by atoms with Gasteiger partial charge in [0, 0.05) is 48.1 Å². The van der Waals surface area contributed by atoms with Crippen molar-refractivity contribution < 1.29 is 28.2 Å². The molecule has 0 spiro atoms. The van der Waals surface area contributed by atoms with Crippen molar-refractivity contribution in [3.05, 3.63) is 77.4 Å². The molecule has 2 N–H and O–H groups in total. The topological polar surface area (TPSA) is 115 Å². The second kappa shape index (κ2) is 14.4. The molecular weight excluding hydrogens is 609 g/mol. The Morgan fingerprint density at radius 3 is 2.85 bits per heavy atom. The van der Waals surface area contributed by atoms with Crippen molar-refractivity contribution in [3.63, 3.8) is 0 Å². The molecule has 0 radical (unpaired) electrons. The number of halogens is 1. The first-order valence-corrected chi connectivity index (χ1v) is 16.2. The standard InChI is InChI=1S/C34H36FN5O5S/c1-3-30(41)40-19-21(2)29(20-40)45-34(42)37-11-12-43-13-14-44-28-17-25(35)6-7-26(28)32-33-27(9-15-46-33)31(38-39-32)23-4-5-24-18-36-10-8-22(24)16-23/h3-7,9,15-17,21,29,36H,1,8,10-14,18-20H2,2H3,(H,37,42)/t21-,29-/m1/s1. The molecule has 0 saturated carbocycles. The minimum Gasteiger partial charge on any atom is -0.490 e. The van der Waals surface area contributed by atoms with Gasteiger partial charge in [-0.2, -0.15) is 0 Å². The summed E-state index contributed by atoms with van der Waals surface area (Å²) < 4.78 is 32.3. The highest BCUT2D eigenvalue weighted by atomic mass is 32.1. The highest BCUT2D eigenvalue weighted by Gasteiger charge is 2.34. The maximum Gasteiger partial charge on any atom is 0.407 e. The molecule has 2 aliphatic heterocycles. The van der Waals surface area contributed by atoms with E-state index in [1.807, 2.05) is 18.4 Å². The van der Waals surface area contributed by atoms with Crippen molar-refractivity contribution in [1.82, 2.24) is 25.7 Å². The number of carbonyl (C=O) groups is 2. The van der Waals surface area contributed by atoms with Gasteiger partial charge < -0.3 is 29.7 Å². The summed E-state index contributed by atoms with van der Waals surface area (Å²) >= 11 is 1.56. The number of hydrogen-bond donors (Lipinski definition) is 2. The van der Waals surface area contributed by atoms with E-state index in [1.165, 1.54) is 29.3 Å². The lowest BCUT2D eigenvalue weighted by Gasteiger charge is -2.18. The number of likely N-dealkylation sites (tertiary alicyclic amines) is 1. The molecule has 2 aromatic heterocycles. The second-order valence-corrected chi connectivity index (χ2v) is 12.3. The summed E-state index contributed by atoms with van der Waals surface area (Å²) in [7, 11) is 0. The molecule has 1 saturated heterocycles. The number of amides is 2. The number of thiophene rings is 1. The first-order chi connectivity index (χ1) is 22.4. The van der Waals surface area contributed by atoms with Gasteiger partial charge in [-0.1, -0.05) is 25.6 Å². The van der Waals surface area contributed by atoms with E-state index in [1.54, 1.807) is 22.3 Å². The van der Waals surface area contributed by atoms with Crippen LogP contribution in [0.3, 0.4) is 0 Å². The van der Waals surface area contributed by atoms with Crippen molar-refractivity contribution in [2.24, 2.45) is 5.92 Å². The van der Waals surface area contributed by atoms with Crippen molar-refractivity contribution in [2.75, 3.05) is 46.0 Å². The van der Waals surface area contributed by atoms with Gasteiger partial charge in [-0.3, -0.25) is 4.79 Å². The third-order valence-corrected chi connectivity index (χ3v) is 9.16. The Balaban J connectivity index is 1.03. The molecule has 2 aliphatic rings. The zero-order valence-electron chi connectivity index (χ0n) is 25.6. The molecule has 2 atom stereocenters. The van der Waals surface area contributed by atoms with E-state index in [4.69, 9.17) is 14.2 Å². The molecule has 0 bridgehead atoms. The van der Waals surface area contributed by atoms with Crippen LogP contribution in [0.15, 0.2) is 60.5 Å². The molecule has 1 fully saturated rings. The summed E-state index contributed by atoms with van der Waals surface area (Å²) in [5, 5.41) is 18.3. The zero-order valence-corrected chi connectivity index (χ0v) is 26.4. The molecule has 46 heavy (non-hydrogen) atoms. The van der Waals surface area contributed by atoms with Crippen LogP contribution in [-0.4, -0.2) is 79.2 Å². The number of hydrogen-bond acceptors (Lipinski definition) is 9. The van der Waals surface area contributed by atoms with Crippen molar-refractivity contribution in [2.45, 2.75) is 26.0 Å². The Labute approximate surface area is 270 Å². The average Bonchev–Trinajstić information content (AvgIpc) is 3.70. The molecule has 10 nitrogen and oxygen atoms in total. The number of alkyl carbamates (subject to hydrolysis) is 1. The average molecular weight is 646 g/mol. The van der Waals surface area contributed by atoms with Crippen LogP contribution in [0.1, 0.15) is 18.1 Å². The number of nitrogens with zero attached hydrogens (tertiary/aromatic N) is 3. The van der Waals surface area contributed by atoms with Crippen molar-refractivity contribution in [3.8, 4) is 28.3 Å². The van der Waals surface area contributed by atoms with E-state index in [0.29, 0.717) is 30.1 Å². The smallest absolute Gasteiger partial charge is 0.407 e.